The Morgan fingerprint density at radius 1 is 1.38 bits per heavy atom. The Morgan fingerprint density at radius 3 is 2.75 bits per heavy atom. The van der Waals surface area contributed by atoms with Gasteiger partial charge < -0.3 is 10.1 Å². The van der Waals surface area contributed by atoms with E-state index in [-0.39, 0.29) is 0 Å². The van der Waals surface area contributed by atoms with E-state index in [0.717, 1.165) is 13.0 Å². The number of hydrogen-bond donors (Lipinski definition) is 1. The summed E-state index contributed by atoms with van der Waals surface area (Å²) in [4.78, 5) is 2.64. The number of nitrogens with one attached hydrogen (secondary N) is 1. The molecule has 1 aromatic heterocycles. The Hall–Kier alpha value is -0.520. The lowest BCUT2D eigenvalue weighted by Crippen LogP contribution is -2.20. The van der Waals surface area contributed by atoms with E-state index in [1.165, 1.54) is 9.75 Å². The minimum atomic E-state index is -2.37. The van der Waals surface area contributed by atoms with E-state index >= 15 is 0 Å². The fraction of sp³-hybridized carbons (Fsp3) is 0.636. The van der Waals surface area contributed by atoms with E-state index in [9.17, 15) is 8.78 Å². The Bertz CT molecular complexity index is 291. The summed E-state index contributed by atoms with van der Waals surface area (Å²) in [6.07, 6.45) is -1.31. The molecule has 0 aliphatic carbocycles. The van der Waals surface area contributed by atoms with Crippen LogP contribution in [0, 0.1) is 0 Å². The highest BCUT2D eigenvalue weighted by molar-refractivity contribution is 7.11. The van der Waals surface area contributed by atoms with E-state index < -0.39 is 13.0 Å². The van der Waals surface area contributed by atoms with Gasteiger partial charge in [-0.3, -0.25) is 0 Å². The van der Waals surface area contributed by atoms with Crippen molar-refractivity contribution < 1.29 is 13.5 Å². The summed E-state index contributed by atoms with van der Waals surface area (Å²) < 4.78 is 28.2. The van der Waals surface area contributed by atoms with Crippen LogP contribution in [0.2, 0.25) is 0 Å². The second-order valence-electron chi connectivity index (χ2n) is 3.36. The van der Waals surface area contributed by atoms with E-state index in [2.05, 4.69) is 24.4 Å². The fourth-order valence-corrected chi connectivity index (χ4v) is 2.16. The van der Waals surface area contributed by atoms with E-state index in [1.807, 2.05) is 0 Å². The predicted octanol–water partition coefficient (Wildman–Crippen LogP) is 2.68. The fourth-order valence-electron chi connectivity index (χ4n) is 1.24. The van der Waals surface area contributed by atoms with Crippen molar-refractivity contribution in [1.82, 2.24) is 5.32 Å². The van der Waals surface area contributed by atoms with Gasteiger partial charge in [0.15, 0.2) is 0 Å². The molecule has 0 saturated carbocycles. The van der Waals surface area contributed by atoms with Crippen molar-refractivity contribution in [2.45, 2.75) is 26.3 Å². The second kappa shape index (κ2) is 7.70. The molecule has 16 heavy (non-hydrogen) atoms. The third-order valence-corrected chi connectivity index (χ3v) is 3.26. The van der Waals surface area contributed by atoms with Crippen molar-refractivity contribution in [2.24, 2.45) is 0 Å². The number of hydrogen-bond acceptors (Lipinski definition) is 3. The molecule has 0 spiro atoms. The number of rotatable bonds is 8. The molecular formula is C11H17F2NOS. The van der Waals surface area contributed by atoms with Gasteiger partial charge in [-0.2, -0.15) is 0 Å². The van der Waals surface area contributed by atoms with Crippen molar-refractivity contribution in [1.29, 1.82) is 0 Å². The van der Waals surface area contributed by atoms with Crippen LogP contribution in [-0.4, -0.2) is 26.2 Å². The monoisotopic (exact) mass is 249 g/mol. The van der Waals surface area contributed by atoms with Crippen LogP contribution in [0.15, 0.2) is 12.1 Å². The first kappa shape index (κ1) is 13.5. The van der Waals surface area contributed by atoms with Gasteiger partial charge in [0.2, 0.25) is 0 Å². The van der Waals surface area contributed by atoms with Crippen LogP contribution in [0.4, 0.5) is 8.78 Å². The Balaban J connectivity index is 2.02. The van der Waals surface area contributed by atoms with E-state index in [1.54, 1.807) is 11.3 Å². The minimum absolute atomic E-state index is 0.330. The molecule has 0 radical (unpaired) electrons. The molecule has 0 saturated heterocycles. The number of thiophene rings is 1. The Kier molecular flexibility index (Phi) is 6.52. The van der Waals surface area contributed by atoms with Gasteiger partial charge in [0, 0.05) is 22.8 Å². The van der Waals surface area contributed by atoms with Gasteiger partial charge >= 0.3 is 0 Å². The topological polar surface area (TPSA) is 21.3 Å². The van der Waals surface area contributed by atoms with Gasteiger partial charge in [-0.05, 0) is 18.6 Å². The number of aryl methyl sites for hydroxylation is 1. The molecule has 0 amide bonds. The van der Waals surface area contributed by atoms with E-state index in [4.69, 9.17) is 4.74 Å². The van der Waals surface area contributed by atoms with Crippen LogP contribution < -0.4 is 5.32 Å². The number of ether oxygens (including phenoxy) is 1. The van der Waals surface area contributed by atoms with E-state index in [0.29, 0.717) is 13.2 Å². The first-order valence-electron chi connectivity index (χ1n) is 5.36. The smallest absolute Gasteiger partial charge is 0.261 e. The van der Waals surface area contributed by atoms with Gasteiger partial charge in [0.1, 0.15) is 6.61 Å². The molecule has 2 nitrogen and oxygen atoms in total. The lowest BCUT2D eigenvalue weighted by atomic mass is 10.3. The van der Waals surface area contributed by atoms with Gasteiger partial charge in [-0.25, -0.2) is 8.78 Å². The molecule has 1 heterocycles. The standard InChI is InChI=1S/C11H17F2NOS/c1-2-9-3-4-10(16-9)7-14-5-6-15-8-11(12)13/h3-4,11,14H,2,5-8H2,1H3. The molecule has 5 heteroatoms. The van der Waals surface area contributed by atoms with Crippen molar-refractivity contribution in [3.05, 3.63) is 21.9 Å². The summed E-state index contributed by atoms with van der Waals surface area (Å²) in [5.74, 6) is 0. The van der Waals surface area contributed by atoms with Crippen molar-refractivity contribution in [2.75, 3.05) is 19.8 Å². The first-order chi connectivity index (χ1) is 7.72. The maximum Gasteiger partial charge on any atom is 0.261 e. The van der Waals surface area contributed by atoms with Crippen LogP contribution in [0.25, 0.3) is 0 Å². The van der Waals surface area contributed by atoms with Crippen LogP contribution in [0.3, 0.4) is 0 Å². The molecule has 0 aromatic carbocycles. The Morgan fingerprint density at radius 2 is 2.12 bits per heavy atom. The molecule has 0 aliphatic rings. The summed E-state index contributed by atoms with van der Waals surface area (Å²) in [6.45, 7) is 3.37. The number of halogens is 2. The zero-order valence-corrected chi connectivity index (χ0v) is 10.2. The molecule has 1 aromatic rings. The molecule has 0 aliphatic heterocycles. The quantitative estimate of drug-likeness (QED) is 0.715. The SMILES string of the molecule is CCc1ccc(CNCCOCC(F)F)s1. The highest BCUT2D eigenvalue weighted by atomic mass is 32.1. The van der Waals surface area contributed by atoms with Gasteiger partial charge in [0.25, 0.3) is 6.43 Å². The molecule has 92 valence electrons. The third kappa shape index (κ3) is 5.53. The molecule has 1 rings (SSSR count). The van der Waals surface area contributed by atoms with Crippen LogP contribution >= 0.6 is 11.3 Å². The van der Waals surface area contributed by atoms with Crippen molar-refractivity contribution in [3.8, 4) is 0 Å². The Labute approximate surface area is 98.6 Å². The lowest BCUT2D eigenvalue weighted by Gasteiger charge is -2.04. The molecule has 0 unspecified atom stereocenters. The molecule has 0 bridgehead atoms. The molecule has 0 fully saturated rings. The van der Waals surface area contributed by atoms with Crippen LogP contribution in [-0.2, 0) is 17.7 Å². The molecule has 0 atom stereocenters. The van der Waals surface area contributed by atoms with Gasteiger partial charge in [-0.1, -0.05) is 6.92 Å². The summed E-state index contributed by atoms with van der Waals surface area (Å²) in [5, 5.41) is 3.15. The second-order valence-corrected chi connectivity index (χ2v) is 4.62. The summed E-state index contributed by atoms with van der Waals surface area (Å²) in [7, 11) is 0. The average molecular weight is 249 g/mol. The first-order valence-corrected chi connectivity index (χ1v) is 6.18. The highest BCUT2D eigenvalue weighted by Crippen LogP contribution is 2.16. The highest BCUT2D eigenvalue weighted by Gasteiger charge is 2.01. The maximum atomic E-state index is 11.7. The summed E-state index contributed by atoms with van der Waals surface area (Å²) >= 11 is 1.78. The largest absolute Gasteiger partial charge is 0.374 e. The zero-order valence-electron chi connectivity index (χ0n) is 9.34. The lowest BCUT2D eigenvalue weighted by molar-refractivity contribution is 0.0187. The zero-order chi connectivity index (χ0) is 11.8. The minimum Gasteiger partial charge on any atom is -0.374 e. The van der Waals surface area contributed by atoms with Crippen LogP contribution in [0.1, 0.15) is 16.7 Å². The van der Waals surface area contributed by atoms with Crippen LogP contribution in [0.5, 0.6) is 0 Å². The average Bonchev–Trinajstić information content (AvgIpc) is 2.70. The summed E-state index contributed by atoms with van der Waals surface area (Å²) in [5.41, 5.74) is 0. The molecule has 1 N–H and O–H groups in total. The van der Waals surface area contributed by atoms with Crippen molar-refractivity contribution >= 4 is 11.3 Å². The normalized spacial score (nSPS) is 11.2. The van der Waals surface area contributed by atoms with Gasteiger partial charge in [-0.15, -0.1) is 11.3 Å². The van der Waals surface area contributed by atoms with Gasteiger partial charge in [0.05, 0.1) is 6.61 Å². The van der Waals surface area contributed by atoms with Crippen molar-refractivity contribution in [3.63, 3.8) is 0 Å². The summed E-state index contributed by atoms with van der Waals surface area (Å²) in [6, 6.07) is 4.21. The molecular weight excluding hydrogens is 232 g/mol. The predicted molar refractivity (Wildman–Crippen MR) is 62.2 cm³/mol. The number of alkyl halides is 2. The third-order valence-electron chi connectivity index (χ3n) is 2.03. The maximum absolute atomic E-state index is 11.7.